The molecular weight excluding hydrogens is 278 g/mol. The van der Waals surface area contributed by atoms with Gasteiger partial charge >= 0.3 is 11.9 Å². The molecule has 0 spiro atoms. The second-order valence-electron chi connectivity index (χ2n) is 3.91. The van der Waals surface area contributed by atoms with E-state index in [1.807, 2.05) is 30.3 Å². The highest BCUT2D eigenvalue weighted by Gasteiger charge is 1.99. The van der Waals surface area contributed by atoms with E-state index in [1.54, 1.807) is 6.92 Å². The maximum atomic E-state index is 10.6. The molecule has 0 aliphatic heterocycles. The minimum atomic E-state index is -1.38. The molecule has 1 aromatic carbocycles. The van der Waals surface area contributed by atoms with Crippen molar-refractivity contribution < 1.29 is 29.4 Å². The molecule has 1 atom stereocenters. The van der Waals surface area contributed by atoms with E-state index in [1.165, 1.54) is 6.92 Å². The molecule has 1 aromatic rings. The molecule has 0 radical (unpaired) electrons. The first-order valence-electron chi connectivity index (χ1n) is 5.87. The fraction of sp³-hybridized carbons (Fsp3) is 0.286. The van der Waals surface area contributed by atoms with Gasteiger partial charge < -0.3 is 15.9 Å². The number of carboxylic acid groups (broad SMARTS) is 2. The highest BCUT2D eigenvalue weighted by atomic mass is 16.4. The Bertz CT molecular complexity index is 469. The van der Waals surface area contributed by atoms with Crippen LogP contribution in [-0.2, 0) is 14.4 Å². The van der Waals surface area contributed by atoms with Gasteiger partial charge in [-0.1, -0.05) is 30.3 Å². The molecule has 0 aromatic heterocycles. The van der Waals surface area contributed by atoms with Gasteiger partial charge in [0.2, 0.25) is 5.78 Å². The highest BCUT2D eigenvalue weighted by Crippen LogP contribution is 1.97. The van der Waals surface area contributed by atoms with Crippen molar-refractivity contribution in [1.29, 1.82) is 0 Å². The summed E-state index contributed by atoms with van der Waals surface area (Å²) in [4.78, 5) is 39.1. The molecule has 21 heavy (non-hydrogen) atoms. The van der Waals surface area contributed by atoms with Crippen molar-refractivity contribution in [2.75, 3.05) is 0 Å². The van der Waals surface area contributed by atoms with Crippen LogP contribution < -0.4 is 5.73 Å². The van der Waals surface area contributed by atoms with Crippen LogP contribution in [0, 0.1) is 0 Å². The van der Waals surface area contributed by atoms with Gasteiger partial charge in [0, 0.05) is 12.5 Å². The third-order valence-corrected chi connectivity index (χ3v) is 1.87. The largest absolute Gasteiger partial charge is 0.480 e. The molecule has 0 aliphatic rings. The molecular formula is C14H19NO6. The molecule has 4 N–H and O–H groups in total. The topological polar surface area (TPSA) is 135 Å². The van der Waals surface area contributed by atoms with Gasteiger partial charge in [0.15, 0.2) is 5.78 Å². The Kier molecular flexibility index (Phi) is 11.2. The average molecular weight is 297 g/mol. The Morgan fingerprint density at radius 3 is 1.48 bits per heavy atom. The number of Topliss-reactive ketones (excluding diaryl/α,β-unsaturated/α-hetero) is 2. The molecule has 0 bridgehead atoms. The lowest BCUT2D eigenvalue weighted by Crippen LogP contribution is -2.25. The normalized spacial score (nSPS) is 9.90. The minimum absolute atomic E-state index is 0.121. The number of carbonyl (C=O) groups is 4. The van der Waals surface area contributed by atoms with E-state index >= 15 is 0 Å². The van der Waals surface area contributed by atoms with E-state index in [2.05, 4.69) is 0 Å². The maximum Gasteiger partial charge on any atom is 0.371 e. The zero-order valence-electron chi connectivity index (χ0n) is 12.1. The van der Waals surface area contributed by atoms with Crippen LogP contribution in [0.1, 0.15) is 31.1 Å². The van der Waals surface area contributed by atoms with Crippen LogP contribution in [-0.4, -0.2) is 39.8 Å². The first-order chi connectivity index (χ1) is 9.59. The standard InChI is InChI=1S/C8H8O.C3H7NO2.C3H4O3/c1-7(9)8-5-3-2-4-6-8;2*1-2(4)3(5)6/h2-6H,1H3;2H,4H2,1H3,(H,5,6);1H3,(H,5,6)/t;2-;/m.0./s1. The van der Waals surface area contributed by atoms with Crippen LogP contribution in [0.5, 0.6) is 0 Å². The predicted octanol–water partition coefficient (Wildman–Crippen LogP) is 0.967. The van der Waals surface area contributed by atoms with E-state index in [0.717, 1.165) is 12.5 Å². The summed E-state index contributed by atoms with van der Waals surface area (Å²) in [5.41, 5.74) is 5.61. The van der Waals surface area contributed by atoms with E-state index in [4.69, 9.17) is 15.9 Å². The third kappa shape index (κ3) is 13.7. The van der Waals surface area contributed by atoms with Crippen molar-refractivity contribution >= 4 is 23.5 Å². The van der Waals surface area contributed by atoms with Gasteiger partial charge in [-0.3, -0.25) is 14.4 Å². The van der Waals surface area contributed by atoms with Gasteiger partial charge in [-0.2, -0.15) is 0 Å². The summed E-state index contributed by atoms with van der Waals surface area (Å²) < 4.78 is 0. The molecule has 7 nitrogen and oxygen atoms in total. The van der Waals surface area contributed by atoms with Crippen molar-refractivity contribution in [2.45, 2.75) is 26.8 Å². The lowest BCUT2D eigenvalue weighted by molar-refractivity contribution is -0.148. The smallest absolute Gasteiger partial charge is 0.371 e. The fourth-order valence-electron chi connectivity index (χ4n) is 0.673. The quantitative estimate of drug-likeness (QED) is 0.558. The van der Waals surface area contributed by atoms with Gasteiger partial charge in [0.1, 0.15) is 6.04 Å². The molecule has 1 rings (SSSR count). The van der Waals surface area contributed by atoms with Crippen molar-refractivity contribution in [3.8, 4) is 0 Å². The molecule has 7 heteroatoms. The Hall–Kier alpha value is -2.54. The summed E-state index contributed by atoms with van der Waals surface area (Å²) in [5, 5.41) is 15.5. The zero-order valence-corrected chi connectivity index (χ0v) is 12.1. The molecule has 0 saturated carbocycles. The van der Waals surface area contributed by atoms with E-state index in [-0.39, 0.29) is 5.78 Å². The number of carbonyl (C=O) groups excluding carboxylic acids is 2. The van der Waals surface area contributed by atoms with Crippen molar-refractivity contribution in [1.82, 2.24) is 0 Å². The highest BCUT2D eigenvalue weighted by molar-refractivity contribution is 6.31. The summed E-state index contributed by atoms with van der Waals surface area (Å²) >= 11 is 0. The van der Waals surface area contributed by atoms with Crippen molar-refractivity contribution in [2.24, 2.45) is 5.73 Å². The molecule has 0 saturated heterocycles. The Morgan fingerprint density at radius 1 is 1.00 bits per heavy atom. The lowest BCUT2D eigenvalue weighted by atomic mass is 10.2. The van der Waals surface area contributed by atoms with E-state index < -0.39 is 23.8 Å². The number of carboxylic acids is 2. The summed E-state index contributed by atoms with van der Waals surface area (Å²) in [7, 11) is 0. The van der Waals surface area contributed by atoms with Crippen molar-refractivity contribution in [3.63, 3.8) is 0 Å². The summed E-state index contributed by atoms with van der Waals surface area (Å²) in [6, 6.07) is 8.50. The van der Waals surface area contributed by atoms with Crippen LogP contribution in [0.3, 0.4) is 0 Å². The second-order valence-corrected chi connectivity index (χ2v) is 3.91. The number of hydrogen-bond donors (Lipinski definition) is 3. The summed E-state index contributed by atoms with van der Waals surface area (Å²) in [6.45, 7) is 3.99. The van der Waals surface area contributed by atoms with Gasteiger partial charge in [-0.05, 0) is 13.8 Å². The first kappa shape index (κ1) is 20.8. The number of ketones is 2. The molecule has 0 fully saturated rings. The van der Waals surface area contributed by atoms with Crippen molar-refractivity contribution in [3.05, 3.63) is 35.9 Å². The zero-order chi connectivity index (χ0) is 17.0. The Labute approximate surface area is 122 Å². The molecule has 0 amide bonds. The van der Waals surface area contributed by atoms with Crippen LogP contribution in [0.25, 0.3) is 0 Å². The Balaban J connectivity index is 0. The first-order valence-corrected chi connectivity index (χ1v) is 5.87. The Morgan fingerprint density at radius 2 is 1.33 bits per heavy atom. The average Bonchev–Trinajstić information content (AvgIpc) is 2.40. The minimum Gasteiger partial charge on any atom is -0.480 e. The van der Waals surface area contributed by atoms with Crippen LogP contribution >= 0.6 is 0 Å². The van der Waals surface area contributed by atoms with Gasteiger partial charge in [0.05, 0.1) is 0 Å². The molecule has 116 valence electrons. The molecule has 0 unspecified atom stereocenters. The lowest BCUT2D eigenvalue weighted by Gasteiger charge is -1.90. The monoisotopic (exact) mass is 297 g/mol. The van der Waals surface area contributed by atoms with Crippen LogP contribution in [0.2, 0.25) is 0 Å². The molecule has 0 aliphatic carbocycles. The fourth-order valence-corrected chi connectivity index (χ4v) is 0.673. The number of nitrogens with two attached hydrogens (primary N) is 1. The van der Waals surface area contributed by atoms with Gasteiger partial charge in [-0.15, -0.1) is 0 Å². The molecule has 0 heterocycles. The number of hydrogen-bond acceptors (Lipinski definition) is 5. The summed E-state index contributed by atoms with van der Waals surface area (Å²) in [6.07, 6.45) is 0. The summed E-state index contributed by atoms with van der Waals surface area (Å²) in [5.74, 6) is -3.05. The number of benzene rings is 1. The van der Waals surface area contributed by atoms with E-state index in [0.29, 0.717) is 0 Å². The number of aliphatic carboxylic acids is 2. The van der Waals surface area contributed by atoms with Crippen LogP contribution in [0.4, 0.5) is 0 Å². The SMILES string of the molecule is CC(=O)C(=O)O.CC(=O)c1ccccc1.C[C@H](N)C(=O)O. The van der Waals surface area contributed by atoms with E-state index in [9.17, 15) is 19.2 Å². The third-order valence-electron chi connectivity index (χ3n) is 1.87. The second kappa shape index (κ2) is 11.3. The number of rotatable bonds is 3. The van der Waals surface area contributed by atoms with Gasteiger partial charge in [-0.25, -0.2) is 4.79 Å². The van der Waals surface area contributed by atoms with Gasteiger partial charge in [0.25, 0.3) is 0 Å². The predicted molar refractivity (Wildman–Crippen MR) is 76.0 cm³/mol. The van der Waals surface area contributed by atoms with Crippen LogP contribution in [0.15, 0.2) is 30.3 Å². The maximum absolute atomic E-state index is 10.6.